The number of fused-ring (bicyclic) bond motifs is 1. The summed E-state index contributed by atoms with van der Waals surface area (Å²) >= 11 is 3.44. The zero-order chi connectivity index (χ0) is 23.3. The number of rotatable bonds is 8. The van der Waals surface area contributed by atoms with Crippen LogP contribution in [0.25, 0.3) is 45.0 Å². The lowest BCUT2D eigenvalue weighted by atomic mass is 10.1. The molecule has 0 aliphatic carbocycles. The fourth-order valence-corrected chi connectivity index (χ4v) is 5.26. The van der Waals surface area contributed by atoms with Gasteiger partial charge in [0.05, 0.1) is 22.8 Å². The summed E-state index contributed by atoms with van der Waals surface area (Å²) in [4.78, 5) is 36.3. The third-order valence-electron chi connectivity index (χ3n) is 4.89. The van der Waals surface area contributed by atoms with Crippen LogP contribution in [0, 0.1) is 0 Å². The van der Waals surface area contributed by atoms with Crippen molar-refractivity contribution in [2.75, 3.05) is 0 Å². The van der Waals surface area contributed by atoms with Crippen LogP contribution in [-0.2, 0) is 9.59 Å². The van der Waals surface area contributed by atoms with E-state index in [1.165, 1.54) is 21.2 Å². The van der Waals surface area contributed by atoms with E-state index in [1.807, 2.05) is 18.2 Å². The highest BCUT2D eigenvalue weighted by Gasteiger charge is 2.12. The van der Waals surface area contributed by atoms with Gasteiger partial charge < -0.3 is 9.47 Å². The second kappa shape index (κ2) is 9.74. The predicted molar refractivity (Wildman–Crippen MR) is 133 cm³/mol. The smallest absolute Gasteiger partial charge is 0.298 e. The number of carbonyl (C=O) groups is 2. The highest BCUT2D eigenvalue weighted by molar-refractivity contribution is 7.22. The lowest BCUT2D eigenvalue weighted by molar-refractivity contribution is -0.121. The van der Waals surface area contributed by atoms with Crippen molar-refractivity contribution in [1.82, 2.24) is 15.0 Å². The first-order valence-corrected chi connectivity index (χ1v) is 11.8. The third kappa shape index (κ3) is 4.61. The Morgan fingerprint density at radius 1 is 0.735 bits per heavy atom. The molecule has 0 aliphatic heterocycles. The van der Waals surface area contributed by atoms with Crippen LogP contribution in [0.15, 0.2) is 65.6 Å². The largest absolute Gasteiger partial charge is 0.429 e. The standard InChI is InChI=1S/C25H15N3O4S2/c29-14-31-17-4-7-27-21(10-17)23-12-18(32-15-30)11-22(28-23)20-9-16(3-6-26-20)1-2-24-19-5-8-33-25(19)13-34-24/h1-15H/b2-1+. The van der Waals surface area contributed by atoms with Gasteiger partial charge in [0.1, 0.15) is 11.5 Å². The average Bonchev–Trinajstić information content (AvgIpc) is 3.48. The first-order chi connectivity index (χ1) is 16.7. The van der Waals surface area contributed by atoms with Crippen LogP contribution in [0.4, 0.5) is 0 Å². The van der Waals surface area contributed by atoms with Crippen LogP contribution in [-0.4, -0.2) is 27.9 Å². The van der Waals surface area contributed by atoms with Gasteiger partial charge in [0.2, 0.25) is 0 Å². The van der Waals surface area contributed by atoms with E-state index in [0.717, 1.165) is 5.56 Å². The van der Waals surface area contributed by atoms with Gasteiger partial charge in [-0.25, -0.2) is 4.98 Å². The van der Waals surface area contributed by atoms with Gasteiger partial charge in [0.25, 0.3) is 12.9 Å². The van der Waals surface area contributed by atoms with Gasteiger partial charge >= 0.3 is 0 Å². The Morgan fingerprint density at radius 3 is 2.24 bits per heavy atom. The van der Waals surface area contributed by atoms with Crippen molar-refractivity contribution < 1.29 is 19.1 Å². The lowest BCUT2D eigenvalue weighted by Gasteiger charge is -2.08. The summed E-state index contributed by atoms with van der Waals surface area (Å²) in [6.45, 7) is 0.688. The van der Waals surface area contributed by atoms with Crippen molar-refractivity contribution in [3.8, 4) is 34.3 Å². The van der Waals surface area contributed by atoms with Crippen LogP contribution in [0.5, 0.6) is 11.5 Å². The number of carbonyl (C=O) groups excluding carboxylic acids is 2. The molecular formula is C25H15N3O4S2. The van der Waals surface area contributed by atoms with Crippen LogP contribution >= 0.6 is 22.7 Å². The second-order valence-electron chi connectivity index (χ2n) is 6.98. The molecule has 0 N–H and O–H groups in total. The maximum atomic E-state index is 11.0. The maximum absolute atomic E-state index is 11.0. The van der Waals surface area contributed by atoms with Gasteiger partial charge in [-0.3, -0.25) is 19.6 Å². The number of nitrogens with zero attached hydrogens (tertiary/aromatic N) is 3. The van der Waals surface area contributed by atoms with Gasteiger partial charge in [0.15, 0.2) is 0 Å². The number of pyridine rings is 3. The molecule has 0 saturated carbocycles. The molecule has 5 rings (SSSR count). The number of ether oxygens (including phenoxy) is 2. The summed E-state index contributed by atoms with van der Waals surface area (Å²) in [5.41, 5.74) is 2.94. The van der Waals surface area contributed by atoms with Crippen LogP contribution in [0.2, 0.25) is 0 Å². The summed E-state index contributed by atoms with van der Waals surface area (Å²) in [5.74, 6) is 0.614. The van der Waals surface area contributed by atoms with Crippen molar-refractivity contribution in [3.63, 3.8) is 0 Å². The molecule has 9 heteroatoms. The molecule has 0 aliphatic rings. The van der Waals surface area contributed by atoms with E-state index in [1.54, 1.807) is 53.1 Å². The SMILES string of the molecule is O=COc1ccnc(-c2cc(OC=O)cc(-c3cc(/C=C/c4scc5sccc45)ccn3)n2)c1. The van der Waals surface area contributed by atoms with E-state index in [2.05, 4.69) is 37.9 Å². The minimum absolute atomic E-state index is 0.291. The molecule has 0 atom stereocenters. The Kier molecular flexibility index (Phi) is 6.19. The molecule has 0 spiro atoms. The van der Waals surface area contributed by atoms with E-state index in [9.17, 15) is 9.59 Å². The average molecular weight is 486 g/mol. The quantitative estimate of drug-likeness (QED) is 0.260. The van der Waals surface area contributed by atoms with Crippen LogP contribution in [0.3, 0.4) is 0 Å². The molecule has 5 aromatic heterocycles. The van der Waals surface area contributed by atoms with Crippen molar-refractivity contribution in [2.24, 2.45) is 0 Å². The summed E-state index contributed by atoms with van der Waals surface area (Å²) in [7, 11) is 0. The molecule has 0 bridgehead atoms. The molecule has 0 radical (unpaired) electrons. The van der Waals surface area contributed by atoms with Crippen molar-refractivity contribution in [2.45, 2.75) is 0 Å². The minimum atomic E-state index is 0.291. The summed E-state index contributed by atoms with van der Waals surface area (Å²) < 4.78 is 11.3. The highest BCUT2D eigenvalue weighted by atomic mass is 32.1. The predicted octanol–water partition coefficient (Wildman–Crippen LogP) is 5.72. The fourth-order valence-electron chi connectivity index (χ4n) is 3.36. The summed E-state index contributed by atoms with van der Waals surface area (Å²) in [6.07, 6.45) is 7.32. The molecule has 0 aromatic carbocycles. The first-order valence-electron chi connectivity index (χ1n) is 10.0. The molecule has 5 heterocycles. The molecular weight excluding hydrogens is 470 g/mol. The monoisotopic (exact) mass is 485 g/mol. The minimum Gasteiger partial charge on any atom is -0.429 e. The van der Waals surface area contributed by atoms with Crippen molar-refractivity contribution >= 4 is 57.9 Å². The molecule has 0 amide bonds. The molecule has 0 saturated heterocycles. The molecule has 166 valence electrons. The summed E-state index contributed by atoms with van der Waals surface area (Å²) in [6, 6.07) is 12.3. The normalized spacial score (nSPS) is 11.1. The van der Waals surface area contributed by atoms with E-state index in [-0.39, 0.29) is 0 Å². The lowest BCUT2D eigenvalue weighted by Crippen LogP contribution is -1.97. The Hall–Kier alpha value is -4.21. The Balaban J connectivity index is 1.51. The topological polar surface area (TPSA) is 91.3 Å². The maximum Gasteiger partial charge on any atom is 0.298 e. The highest BCUT2D eigenvalue weighted by Crippen LogP contribution is 2.32. The number of thiophene rings is 2. The van der Waals surface area contributed by atoms with Gasteiger partial charge in [-0.05, 0) is 41.3 Å². The molecule has 0 unspecified atom stereocenters. The van der Waals surface area contributed by atoms with Gasteiger partial charge in [-0.2, -0.15) is 0 Å². The van der Waals surface area contributed by atoms with E-state index in [0.29, 0.717) is 47.2 Å². The Labute approximate surface area is 202 Å². The second-order valence-corrected chi connectivity index (χ2v) is 8.84. The van der Waals surface area contributed by atoms with Gasteiger partial charge in [-0.15, -0.1) is 22.7 Å². The van der Waals surface area contributed by atoms with E-state index in [4.69, 9.17) is 9.47 Å². The van der Waals surface area contributed by atoms with E-state index >= 15 is 0 Å². The van der Waals surface area contributed by atoms with Crippen LogP contribution in [0.1, 0.15) is 10.4 Å². The summed E-state index contributed by atoms with van der Waals surface area (Å²) in [5, 5.41) is 5.50. The van der Waals surface area contributed by atoms with Gasteiger partial charge in [0, 0.05) is 50.9 Å². The van der Waals surface area contributed by atoms with Gasteiger partial charge in [-0.1, -0.05) is 6.08 Å². The number of aromatic nitrogens is 3. The third-order valence-corrected chi connectivity index (χ3v) is 6.86. The molecule has 0 fully saturated rings. The number of hydrogen-bond acceptors (Lipinski definition) is 9. The fraction of sp³-hybridized carbons (Fsp3) is 0. The van der Waals surface area contributed by atoms with Crippen molar-refractivity contribution in [1.29, 1.82) is 0 Å². The van der Waals surface area contributed by atoms with Crippen molar-refractivity contribution in [3.05, 3.63) is 76.1 Å². The zero-order valence-electron chi connectivity index (χ0n) is 17.5. The Morgan fingerprint density at radius 2 is 1.44 bits per heavy atom. The first kappa shape index (κ1) is 21.6. The zero-order valence-corrected chi connectivity index (χ0v) is 19.1. The number of hydrogen-bond donors (Lipinski definition) is 0. The molecule has 7 nitrogen and oxygen atoms in total. The molecule has 34 heavy (non-hydrogen) atoms. The van der Waals surface area contributed by atoms with Crippen LogP contribution < -0.4 is 9.47 Å². The molecule has 5 aromatic rings. The Bertz CT molecular complexity index is 1520. The van der Waals surface area contributed by atoms with E-state index < -0.39 is 0 Å².